The van der Waals surface area contributed by atoms with Gasteiger partial charge in [0, 0.05) is 0 Å². The van der Waals surface area contributed by atoms with E-state index in [9.17, 15) is 19.3 Å². The van der Waals surface area contributed by atoms with Gasteiger partial charge in [-0.1, -0.05) is 24.3 Å². The number of nitrogens with one attached hydrogen (secondary N) is 3. The van der Waals surface area contributed by atoms with Crippen LogP contribution in [0, 0.1) is 18.8 Å². The van der Waals surface area contributed by atoms with Gasteiger partial charge in [-0.05, 0) is 70.0 Å². The maximum atomic E-state index is 12.3. The number of rotatable bonds is 11. The third kappa shape index (κ3) is 13.6. The number of amides is 2. The molecule has 10 nitrogen and oxygen atoms in total. The number of aliphatic carboxylic acids is 1. The number of carbonyl (C=O) groups excluding carboxylic acids is 2. The van der Waals surface area contributed by atoms with Crippen LogP contribution in [-0.4, -0.2) is 49.1 Å². The van der Waals surface area contributed by atoms with Gasteiger partial charge in [-0.2, -0.15) is 0 Å². The van der Waals surface area contributed by atoms with Crippen molar-refractivity contribution in [2.75, 3.05) is 20.1 Å². The largest absolute Gasteiger partial charge is 0.480 e. The Morgan fingerprint density at radius 1 is 1.15 bits per heavy atom. The van der Waals surface area contributed by atoms with Crippen molar-refractivity contribution in [1.82, 2.24) is 16.0 Å². The second-order valence-electron chi connectivity index (χ2n) is 6.87. The first kappa shape index (κ1) is 32.4. The Bertz CT molecular complexity index is 844. The van der Waals surface area contributed by atoms with Crippen LogP contribution in [0.1, 0.15) is 30.5 Å². The number of carboxylic acids is 1. The summed E-state index contributed by atoms with van der Waals surface area (Å²) in [6.45, 7) is 16.4. The minimum absolute atomic E-state index is 0.319. The lowest BCUT2D eigenvalue weighted by atomic mass is 9.95. The number of nitrogens with zero attached hydrogens (tertiary/aromatic N) is 1. The van der Waals surface area contributed by atoms with Gasteiger partial charge in [0.15, 0.2) is 11.1 Å². The molecule has 1 aromatic rings. The molecular formula is C24H36N4O6. The van der Waals surface area contributed by atoms with E-state index >= 15 is 0 Å². The standard InChI is InChI=1S/C16H22N4O6.C6H10.C2H4/c1-9-4-11(26-20-25)5-10(2)12(9)6-13(17-3)16(24)19-7-14(21)18-8-15(22)23;1-4-6(3)5-2;1-2/h4-5,13,17H,6-8H2,1-3H3,(H,18,21)(H,19,24)(H,22,23);4-5H,1H2,2-3H3;1-2H2/b;6-5-;. The zero-order valence-electron chi connectivity index (χ0n) is 20.6. The summed E-state index contributed by atoms with van der Waals surface area (Å²) in [7, 11) is 1.62. The average Bonchev–Trinajstić information content (AvgIpc) is 2.82. The monoisotopic (exact) mass is 476 g/mol. The number of hydrogen-bond acceptors (Lipinski definition) is 7. The molecule has 0 aliphatic heterocycles. The first-order chi connectivity index (χ1) is 16.1. The van der Waals surface area contributed by atoms with Crippen LogP contribution < -0.4 is 20.8 Å². The summed E-state index contributed by atoms with van der Waals surface area (Å²) in [6, 6.07) is 2.69. The van der Waals surface area contributed by atoms with Crippen molar-refractivity contribution in [2.24, 2.45) is 5.34 Å². The molecule has 1 aromatic carbocycles. The number of likely N-dealkylation sites (N-methyl/N-ethyl adjacent to an activating group) is 1. The van der Waals surface area contributed by atoms with Gasteiger partial charge in [0.1, 0.15) is 6.54 Å². The average molecular weight is 477 g/mol. The van der Waals surface area contributed by atoms with Crippen molar-refractivity contribution in [2.45, 2.75) is 40.2 Å². The van der Waals surface area contributed by atoms with Gasteiger partial charge in [0.25, 0.3) is 0 Å². The van der Waals surface area contributed by atoms with E-state index in [0.29, 0.717) is 12.2 Å². The Balaban J connectivity index is 0. The second-order valence-corrected chi connectivity index (χ2v) is 6.87. The van der Waals surface area contributed by atoms with E-state index in [1.807, 2.05) is 39.8 Å². The van der Waals surface area contributed by atoms with Gasteiger partial charge in [0.2, 0.25) is 11.8 Å². The van der Waals surface area contributed by atoms with Crippen LogP contribution in [0.2, 0.25) is 0 Å². The molecule has 1 rings (SSSR count). The van der Waals surface area contributed by atoms with Gasteiger partial charge in [-0.15, -0.1) is 18.1 Å². The fourth-order valence-corrected chi connectivity index (χ4v) is 2.55. The van der Waals surface area contributed by atoms with Crippen molar-refractivity contribution in [1.29, 1.82) is 0 Å². The highest BCUT2D eigenvalue weighted by Gasteiger charge is 2.20. The minimum atomic E-state index is -1.17. The molecule has 2 amide bonds. The van der Waals surface area contributed by atoms with Crippen molar-refractivity contribution in [3.8, 4) is 5.75 Å². The van der Waals surface area contributed by atoms with E-state index in [0.717, 1.165) is 16.7 Å². The predicted molar refractivity (Wildman–Crippen MR) is 133 cm³/mol. The number of carboxylic acid groups (broad SMARTS) is 1. The van der Waals surface area contributed by atoms with Crippen LogP contribution in [0.4, 0.5) is 0 Å². The Hall–Kier alpha value is -3.79. The topological polar surface area (TPSA) is 146 Å². The fraction of sp³-hybridized carbons (Fsp3) is 0.375. The Kier molecular flexibility index (Phi) is 17.9. The first-order valence-corrected chi connectivity index (χ1v) is 10.4. The van der Waals surface area contributed by atoms with Gasteiger partial charge in [0.05, 0.1) is 12.6 Å². The summed E-state index contributed by atoms with van der Waals surface area (Å²) in [5.41, 5.74) is 3.79. The molecule has 0 aliphatic rings. The molecular weight excluding hydrogens is 440 g/mol. The summed E-state index contributed by atoms with van der Waals surface area (Å²) < 4.78 is 0. The minimum Gasteiger partial charge on any atom is -0.480 e. The zero-order chi connectivity index (χ0) is 26.7. The second kappa shape index (κ2) is 18.8. The predicted octanol–water partition coefficient (Wildman–Crippen LogP) is 2.75. The highest BCUT2D eigenvalue weighted by Crippen LogP contribution is 2.23. The molecule has 0 aliphatic carbocycles. The third-order valence-corrected chi connectivity index (χ3v) is 4.52. The highest BCUT2D eigenvalue weighted by molar-refractivity contribution is 5.88. The Morgan fingerprint density at radius 3 is 2.09 bits per heavy atom. The molecule has 34 heavy (non-hydrogen) atoms. The normalized spacial score (nSPS) is 10.8. The van der Waals surface area contributed by atoms with Crippen molar-refractivity contribution >= 4 is 17.8 Å². The molecule has 1 unspecified atom stereocenters. The van der Waals surface area contributed by atoms with E-state index in [4.69, 9.17) is 5.11 Å². The molecule has 0 bridgehead atoms. The van der Waals surface area contributed by atoms with Crippen LogP contribution in [0.5, 0.6) is 5.75 Å². The van der Waals surface area contributed by atoms with Crippen LogP contribution in [0.15, 0.2) is 54.9 Å². The summed E-state index contributed by atoms with van der Waals surface area (Å²) in [5.74, 6) is -1.84. The molecule has 0 saturated carbocycles. The summed E-state index contributed by atoms with van der Waals surface area (Å²) in [5, 5.41) is 18.4. The van der Waals surface area contributed by atoms with Crippen LogP contribution in [0.3, 0.4) is 0 Å². The molecule has 0 radical (unpaired) electrons. The maximum Gasteiger partial charge on any atom is 0.322 e. The van der Waals surface area contributed by atoms with E-state index in [1.54, 1.807) is 19.2 Å². The molecule has 0 saturated heterocycles. The molecule has 4 N–H and O–H groups in total. The van der Waals surface area contributed by atoms with E-state index in [-0.39, 0.29) is 6.54 Å². The lowest BCUT2D eigenvalue weighted by Crippen LogP contribution is -2.47. The molecule has 1 atom stereocenters. The molecule has 10 heteroatoms. The quantitative estimate of drug-likeness (QED) is 0.166. The molecule has 0 fully saturated rings. The highest BCUT2D eigenvalue weighted by atomic mass is 16.7. The fourth-order valence-electron chi connectivity index (χ4n) is 2.55. The van der Waals surface area contributed by atoms with E-state index in [2.05, 4.69) is 45.9 Å². The van der Waals surface area contributed by atoms with Gasteiger partial charge < -0.3 is 25.9 Å². The van der Waals surface area contributed by atoms with Crippen LogP contribution in [-0.2, 0) is 20.8 Å². The lowest BCUT2D eigenvalue weighted by Gasteiger charge is -2.19. The summed E-state index contributed by atoms with van der Waals surface area (Å²) >= 11 is 0. The number of aryl methyl sites for hydroxylation is 2. The lowest BCUT2D eigenvalue weighted by molar-refractivity contribution is -0.137. The van der Waals surface area contributed by atoms with Crippen LogP contribution >= 0.6 is 0 Å². The van der Waals surface area contributed by atoms with Crippen molar-refractivity contribution in [3.63, 3.8) is 0 Å². The van der Waals surface area contributed by atoms with Crippen LogP contribution in [0.25, 0.3) is 0 Å². The molecule has 0 aromatic heterocycles. The Labute approximate surface area is 201 Å². The zero-order valence-corrected chi connectivity index (χ0v) is 20.6. The maximum absolute atomic E-state index is 12.3. The SMILES string of the molecule is C=C.C=C/C(C)=C\C.CNC(Cc1c(C)cc(ON=O)cc1C)C(=O)NCC(=O)NCC(=O)O. The van der Waals surface area contributed by atoms with Gasteiger partial charge in [-0.3, -0.25) is 14.4 Å². The summed E-state index contributed by atoms with van der Waals surface area (Å²) in [6.07, 6.45) is 4.21. The van der Waals surface area contributed by atoms with Crippen molar-refractivity contribution < 1.29 is 24.3 Å². The number of hydrogen-bond donors (Lipinski definition) is 4. The first-order valence-electron chi connectivity index (χ1n) is 10.4. The summed E-state index contributed by atoms with van der Waals surface area (Å²) in [4.78, 5) is 48.9. The van der Waals surface area contributed by atoms with Crippen molar-refractivity contribution in [3.05, 3.63) is 71.2 Å². The van der Waals surface area contributed by atoms with Gasteiger partial charge >= 0.3 is 5.97 Å². The number of benzene rings is 1. The molecule has 0 spiro atoms. The molecule has 0 heterocycles. The number of carbonyl (C=O) groups is 3. The number of allylic oxidation sites excluding steroid dienone is 3. The smallest absolute Gasteiger partial charge is 0.322 e. The Morgan fingerprint density at radius 2 is 1.71 bits per heavy atom. The molecule has 188 valence electrons. The van der Waals surface area contributed by atoms with Gasteiger partial charge in [-0.25, -0.2) is 0 Å². The van der Waals surface area contributed by atoms with E-state index in [1.165, 1.54) is 5.57 Å². The van der Waals surface area contributed by atoms with E-state index < -0.39 is 30.4 Å². The third-order valence-electron chi connectivity index (χ3n) is 4.52.